The SMILES string of the molecule is O=C(OCC(=O)N1CCN(c2ccc(F)cc2)CC1)c1ccc(Br)cc1. The van der Waals surface area contributed by atoms with Crippen LogP contribution in [0.3, 0.4) is 0 Å². The topological polar surface area (TPSA) is 49.9 Å². The molecule has 136 valence electrons. The molecule has 0 N–H and O–H groups in total. The number of anilines is 1. The molecule has 0 saturated carbocycles. The van der Waals surface area contributed by atoms with Crippen LogP contribution in [0.1, 0.15) is 10.4 Å². The molecule has 0 bridgehead atoms. The molecule has 1 amide bonds. The molecule has 3 rings (SSSR count). The van der Waals surface area contributed by atoms with Gasteiger partial charge in [-0.1, -0.05) is 15.9 Å². The van der Waals surface area contributed by atoms with Crippen molar-refractivity contribution in [2.45, 2.75) is 0 Å². The molecular formula is C19H18BrFN2O3. The van der Waals surface area contributed by atoms with Crippen LogP contribution in [0.5, 0.6) is 0 Å². The number of carbonyl (C=O) groups is 2. The van der Waals surface area contributed by atoms with Crippen molar-refractivity contribution in [3.63, 3.8) is 0 Å². The number of piperazine rings is 1. The number of esters is 1. The lowest BCUT2D eigenvalue weighted by molar-refractivity contribution is -0.134. The van der Waals surface area contributed by atoms with Gasteiger partial charge in [0, 0.05) is 36.3 Å². The third-order valence-corrected chi connectivity index (χ3v) is 4.76. The van der Waals surface area contributed by atoms with Crippen molar-refractivity contribution in [1.29, 1.82) is 0 Å². The summed E-state index contributed by atoms with van der Waals surface area (Å²) < 4.78 is 19.0. The van der Waals surface area contributed by atoms with Gasteiger partial charge in [-0.05, 0) is 48.5 Å². The Morgan fingerprint density at radius 2 is 1.58 bits per heavy atom. The predicted molar refractivity (Wildman–Crippen MR) is 99.6 cm³/mol. The first-order valence-electron chi connectivity index (χ1n) is 8.24. The number of hydrogen-bond acceptors (Lipinski definition) is 4. The molecule has 1 saturated heterocycles. The van der Waals surface area contributed by atoms with Crippen molar-refractivity contribution in [2.24, 2.45) is 0 Å². The summed E-state index contributed by atoms with van der Waals surface area (Å²) in [5.41, 5.74) is 1.34. The average Bonchev–Trinajstić information content (AvgIpc) is 2.67. The first-order chi connectivity index (χ1) is 12.5. The van der Waals surface area contributed by atoms with Gasteiger partial charge in [0.1, 0.15) is 5.82 Å². The van der Waals surface area contributed by atoms with Crippen LogP contribution in [0.4, 0.5) is 10.1 Å². The number of halogens is 2. The van der Waals surface area contributed by atoms with Gasteiger partial charge in [-0.2, -0.15) is 0 Å². The van der Waals surface area contributed by atoms with E-state index in [9.17, 15) is 14.0 Å². The zero-order chi connectivity index (χ0) is 18.5. The summed E-state index contributed by atoms with van der Waals surface area (Å²) in [6.45, 7) is 2.10. The molecule has 2 aromatic carbocycles. The van der Waals surface area contributed by atoms with Crippen LogP contribution in [0.15, 0.2) is 53.0 Å². The van der Waals surface area contributed by atoms with E-state index in [1.165, 1.54) is 12.1 Å². The second-order valence-electron chi connectivity index (χ2n) is 5.93. The Bertz CT molecular complexity index is 772. The molecule has 0 unspecified atom stereocenters. The predicted octanol–water partition coefficient (Wildman–Crippen LogP) is 3.09. The van der Waals surface area contributed by atoms with Crippen molar-refractivity contribution in [2.75, 3.05) is 37.7 Å². The smallest absolute Gasteiger partial charge is 0.338 e. The van der Waals surface area contributed by atoms with Crippen LogP contribution in [-0.2, 0) is 9.53 Å². The number of carbonyl (C=O) groups excluding carboxylic acids is 2. The van der Waals surface area contributed by atoms with Crippen LogP contribution in [-0.4, -0.2) is 49.6 Å². The number of nitrogens with zero attached hydrogens (tertiary/aromatic N) is 2. The summed E-state index contributed by atoms with van der Waals surface area (Å²) in [7, 11) is 0. The fourth-order valence-corrected chi connectivity index (χ4v) is 3.02. The fraction of sp³-hybridized carbons (Fsp3) is 0.263. The number of hydrogen-bond donors (Lipinski definition) is 0. The Hall–Kier alpha value is -2.41. The highest BCUT2D eigenvalue weighted by Crippen LogP contribution is 2.17. The Morgan fingerprint density at radius 1 is 0.962 bits per heavy atom. The number of ether oxygens (including phenoxy) is 1. The molecule has 0 aliphatic carbocycles. The molecule has 1 aliphatic rings. The van der Waals surface area contributed by atoms with E-state index in [1.807, 2.05) is 0 Å². The maximum atomic E-state index is 13.0. The van der Waals surface area contributed by atoms with Crippen LogP contribution in [0.25, 0.3) is 0 Å². The minimum atomic E-state index is -0.518. The fourth-order valence-electron chi connectivity index (χ4n) is 2.75. The quantitative estimate of drug-likeness (QED) is 0.713. The van der Waals surface area contributed by atoms with E-state index < -0.39 is 5.97 Å². The van der Waals surface area contributed by atoms with Crippen LogP contribution in [0, 0.1) is 5.82 Å². The van der Waals surface area contributed by atoms with E-state index in [0.717, 1.165) is 10.2 Å². The highest BCUT2D eigenvalue weighted by Gasteiger charge is 2.22. The van der Waals surface area contributed by atoms with Gasteiger partial charge in [0.05, 0.1) is 5.56 Å². The molecule has 26 heavy (non-hydrogen) atoms. The Balaban J connectivity index is 1.47. The third-order valence-electron chi connectivity index (χ3n) is 4.23. The van der Waals surface area contributed by atoms with Crippen molar-refractivity contribution >= 4 is 33.5 Å². The summed E-state index contributed by atoms with van der Waals surface area (Å²) >= 11 is 3.30. The van der Waals surface area contributed by atoms with E-state index in [4.69, 9.17) is 4.74 Å². The van der Waals surface area contributed by atoms with E-state index in [0.29, 0.717) is 31.7 Å². The molecule has 0 radical (unpaired) electrons. The Labute approximate surface area is 159 Å². The highest BCUT2D eigenvalue weighted by molar-refractivity contribution is 9.10. The minimum absolute atomic E-state index is 0.214. The van der Waals surface area contributed by atoms with Gasteiger partial charge in [-0.25, -0.2) is 9.18 Å². The maximum Gasteiger partial charge on any atom is 0.338 e. The first-order valence-corrected chi connectivity index (χ1v) is 9.03. The standard InChI is InChI=1S/C19H18BrFN2O3/c20-15-3-1-14(2-4-15)19(25)26-13-18(24)23-11-9-22(10-12-23)17-7-5-16(21)6-8-17/h1-8H,9-13H2. The number of amides is 1. The molecule has 5 nitrogen and oxygen atoms in total. The summed E-state index contributed by atoms with van der Waals surface area (Å²) in [6, 6.07) is 13.1. The van der Waals surface area contributed by atoms with Crippen molar-refractivity contribution in [1.82, 2.24) is 4.90 Å². The first kappa shape index (κ1) is 18.4. The summed E-state index contributed by atoms with van der Waals surface area (Å²) in [4.78, 5) is 28.0. The summed E-state index contributed by atoms with van der Waals surface area (Å²) in [5.74, 6) is -1.000. The summed E-state index contributed by atoms with van der Waals surface area (Å²) in [6.07, 6.45) is 0. The molecular weight excluding hydrogens is 403 g/mol. The lowest BCUT2D eigenvalue weighted by atomic mass is 10.2. The molecule has 0 aromatic heterocycles. The van der Waals surface area contributed by atoms with Crippen molar-refractivity contribution in [3.05, 3.63) is 64.4 Å². The van der Waals surface area contributed by atoms with E-state index >= 15 is 0 Å². The maximum absolute atomic E-state index is 13.0. The average molecular weight is 421 g/mol. The van der Waals surface area contributed by atoms with Gasteiger partial charge < -0.3 is 14.5 Å². The van der Waals surface area contributed by atoms with Gasteiger partial charge in [0.15, 0.2) is 6.61 Å². The molecule has 0 atom stereocenters. The van der Waals surface area contributed by atoms with Gasteiger partial charge in [0.25, 0.3) is 5.91 Å². The van der Waals surface area contributed by atoms with Gasteiger partial charge >= 0.3 is 5.97 Å². The van der Waals surface area contributed by atoms with Gasteiger partial charge in [-0.3, -0.25) is 4.79 Å². The summed E-state index contributed by atoms with van der Waals surface area (Å²) in [5, 5.41) is 0. The second kappa shape index (κ2) is 8.31. The Morgan fingerprint density at radius 3 is 2.19 bits per heavy atom. The van der Waals surface area contributed by atoms with E-state index in [-0.39, 0.29) is 18.3 Å². The van der Waals surface area contributed by atoms with E-state index in [1.54, 1.807) is 41.3 Å². The lowest BCUT2D eigenvalue weighted by Gasteiger charge is -2.36. The zero-order valence-electron chi connectivity index (χ0n) is 14.0. The van der Waals surface area contributed by atoms with Crippen LogP contribution in [0.2, 0.25) is 0 Å². The Kier molecular flexibility index (Phi) is 5.88. The van der Waals surface area contributed by atoms with Crippen molar-refractivity contribution in [3.8, 4) is 0 Å². The van der Waals surface area contributed by atoms with Gasteiger partial charge in [0.2, 0.25) is 0 Å². The molecule has 1 fully saturated rings. The van der Waals surface area contributed by atoms with E-state index in [2.05, 4.69) is 20.8 Å². The molecule has 7 heteroatoms. The molecule has 0 spiro atoms. The normalized spacial score (nSPS) is 14.2. The number of benzene rings is 2. The van der Waals surface area contributed by atoms with Crippen molar-refractivity contribution < 1.29 is 18.7 Å². The lowest BCUT2D eigenvalue weighted by Crippen LogP contribution is -2.49. The highest BCUT2D eigenvalue weighted by atomic mass is 79.9. The second-order valence-corrected chi connectivity index (χ2v) is 6.84. The zero-order valence-corrected chi connectivity index (χ0v) is 15.6. The number of rotatable bonds is 4. The monoisotopic (exact) mass is 420 g/mol. The van der Waals surface area contributed by atoms with Crippen LogP contribution < -0.4 is 4.90 Å². The molecule has 1 aliphatic heterocycles. The molecule has 1 heterocycles. The largest absolute Gasteiger partial charge is 0.452 e. The van der Waals surface area contributed by atoms with Crippen LogP contribution >= 0.6 is 15.9 Å². The molecule has 2 aromatic rings. The van der Waals surface area contributed by atoms with Gasteiger partial charge in [-0.15, -0.1) is 0 Å². The minimum Gasteiger partial charge on any atom is -0.452 e. The third kappa shape index (κ3) is 4.60.